The van der Waals surface area contributed by atoms with E-state index in [0.29, 0.717) is 22.5 Å². The van der Waals surface area contributed by atoms with Crippen molar-refractivity contribution in [3.8, 4) is 0 Å². The van der Waals surface area contributed by atoms with Crippen LogP contribution in [0.3, 0.4) is 0 Å². The van der Waals surface area contributed by atoms with Gasteiger partial charge in [0.2, 0.25) is 11.8 Å². The lowest BCUT2D eigenvalue weighted by molar-refractivity contribution is 0.0992. The number of hydrogen-bond donors (Lipinski definition) is 2. The highest BCUT2D eigenvalue weighted by Gasteiger charge is 2.01. The molecule has 0 saturated carbocycles. The molecule has 6 heteroatoms. The molecule has 4 N–H and O–H groups in total. The Hall–Kier alpha value is -4.06. The van der Waals surface area contributed by atoms with Gasteiger partial charge in [-0.15, -0.1) is 0 Å². The van der Waals surface area contributed by atoms with Crippen LogP contribution in [0.1, 0.15) is 31.8 Å². The Morgan fingerprint density at radius 1 is 0.643 bits per heavy atom. The molecule has 6 nitrogen and oxygen atoms in total. The molecule has 3 aromatic carbocycles. The van der Waals surface area contributed by atoms with Crippen molar-refractivity contribution in [3.63, 3.8) is 0 Å². The average Bonchev–Trinajstić information content (AvgIpc) is 2.72. The second-order valence-electron chi connectivity index (χ2n) is 6.01. The Morgan fingerprint density at radius 2 is 1.04 bits per heavy atom. The monoisotopic (exact) mass is 370 g/mol. The summed E-state index contributed by atoms with van der Waals surface area (Å²) in [6, 6.07) is 21.3. The molecule has 28 heavy (non-hydrogen) atoms. The molecule has 0 bridgehead atoms. The lowest BCUT2D eigenvalue weighted by Crippen LogP contribution is -2.10. The highest BCUT2D eigenvalue weighted by atomic mass is 16.1. The van der Waals surface area contributed by atoms with Gasteiger partial charge in [0, 0.05) is 23.6 Å². The number of carbonyl (C=O) groups excluding carboxylic acids is 2. The quantitative estimate of drug-likeness (QED) is 0.648. The molecule has 3 aromatic rings. The first-order valence-corrected chi connectivity index (χ1v) is 8.49. The number of amides is 2. The third-order valence-corrected chi connectivity index (χ3v) is 3.92. The average molecular weight is 370 g/mol. The fourth-order valence-corrected chi connectivity index (χ4v) is 2.45. The van der Waals surface area contributed by atoms with Crippen molar-refractivity contribution in [1.29, 1.82) is 0 Å². The molecule has 0 fully saturated rings. The van der Waals surface area contributed by atoms with Crippen LogP contribution in [0.2, 0.25) is 0 Å². The molecular weight excluding hydrogens is 352 g/mol. The fraction of sp³-hybridized carbons (Fsp3) is 0. The van der Waals surface area contributed by atoms with Gasteiger partial charge in [-0.2, -0.15) is 0 Å². The minimum absolute atomic E-state index is 0.418. The van der Waals surface area contributed by atoms with E-state index < -0.39 is 11.8 Å². The van der Waals surface area contributed by atoms with E-state index in [1.807, 2.05) is 24.3 Å². The lowest BCUT2D eigenvalue weighted by atomic mass is 10.1. The Kier molecular flexibility index (Phi) is 5.72. The molecule has 0 radical (unpaired) electrons. The van der Waals surface area contributed by atoms with Crippen LogP contribution in [-0.2, 0) is 0 Å². The highest BCUT2D eigenvalue weighted by molar-refractivity contribution is 5.94. The van der Waals surface area contributed by atoms with Crippen molar-refractivity contribution in [2.24, 2.45) is 21.5 Å². The minimum atomic E-state index is -0.484. The van der Waals surface area contributed by atoms with Crippen LogP contribution in [0.5, 0.6) is 0 Å². The second-order valence-corrected chi connectivity index (χ2v) is 6.01. The lowest BCUT2D eigenvalue weighted by Gasteiger charge is -1.99. The predicted molar refractivity (Wildman–Crippen MR) is 111 cm³/mol. The van der Waals surface area contributed by atoms with Gasteiger partial charge in [0.25, 0.3) is 0 Å². The van der Waals surface area contributed by atoms with E-state index in [1.54, 1.807) is 61.0 Å². The first-order chi connectivity index (χ1) is 13.5. The molecule has 0 spiro atoms. The molecule has 0 aromatic heterocycles. The molecule has 2 amide bonds. The summed E-state index contributed by atoms with van der Waals surface area (Å²) in [5.74, 6) is -0.968. The Labute approximate surface area is 162 Å². The van der Waals surface area contributed by atoms with Crippen molar-refractivity contribution < 1.29 is 9.59 Å². The maximum Gasteiger partial charge on any atom is 0.248 e. The van der Waals surface area contributed by atoms with Crippen LogP contribution in [0.25, 0.3) is 0 Å². The molecule has 0 aliphatic carbocycles. The van der Waals surface area contributed by atoms with Gasteiger partial charge in [-0.1, -0.05) is 36.4 Å². The van der Waals surface area contributed by atoms with Crippen LogP contribution in [0.15, 0.2) is 82.8 Å². The Morgan fingerprint density at radius 3 is 1.39 bits per heavy atom. The maximum absolute atomic E-state index is 11.2. The van der Waals surface area contributed by atoms with E-state index in [9.17, 15) is 9.59 Å². The smallest absolute Gasteiger partial charge is 0.248 e. The number of rotatable bonds is 6. The number of nitrogens with two attached hydrogens (primary N) is 2. The fourth-order valence-electron chi connectivity index (χ4n) is 2.45. The third kappa shape index (κ3) is 4.98. The zero-order valence-electron chi connectivity index (χ0n) is 14.9. The van der Waals surface area contributed by atoms with Crippen molar-refractivity contribution in [2.75, 3.05) is 0 Å². The van der Waals surface area contributed by atoms with Gasteiger partial charge in [-0.05, 0) is 47.5 Å². The molecule has 0 atom stereocenters. The second kappa shape index (κ2) is 8.55. The van der Waals surface area contributed by atoms with Gasteiger partial charge in [-0.25, -0.2) is 0 Å². The minimum Gasteiger partial charge on any atom is -0.366 e. The van der Waals surface area contributed by atoms with Crippen molar-refractivity contribution in [3.05, 3.63) is 95.1 Å². The SMILES string of the molecule is NC(=O)c1cccc(N=Cc2ccc(C=Nc3cccc(C(N)=O)c3)cc2)c1. The zero-order chi connectivity index (χ0) is 19.9. The largest absolute Gasteiger partial charge is 0.366 e. The molecule has 0 unspecified atom stereocenters. The molecule has 0 aliphatic heterocycles. The van der Waals surface area contributed by atoms with E-state index >= 15 is 0 Å². The maximum atomic E-state index is 11.2. The van der Waals surface area contributed by atoms with Gasteiger partial charge in [0.05, 0.1) is 11.4 Å². The van der Waals surface area contributed by atoms with Crippen LogP contribution in [0, 0.1) is 0 Å². The van der Waals surface area contributed by atoms with Crippen LogP contribution in [-0.4, -0.2) is 24.2 Å². The summed E-state index contributed by atoms with van der Waals surface area (Å²) in [4.78, 5) is 31.1. The Balaban J connectivity index is 1.70. The first-order valence-electron chi connectivity index (χ1n) is 8.49. The normalized spacial score (nSPS) is 11.1. The van der Waals surface area contributed by atoms with Gasteiger partial charge >= 0.3 is 0 Å². The molecule has 0 heterocycles. The zero-order valence-corrected chi connectivity index (χ0v) is 14.9. The van der Waals surface area contributed by atoms with E-state index in [4.69, 9.17) is 11.5 Å². The summed E-state index contributed by atoms with van der Waals surface area (Å²) in [6.45, 7) is 0. The molecule has 0 aliphatic rings. The molecule has 138 valence electrons. The standard InChI is InChI=1S/C22H18N4O2/c23-21(27)17-3-1-5-19(11-17)25-13-15-7-9-16(10-8-15)14-26-20-6-2-4-18(12-20)22(24)28/h1-14H,(H2,23,27)(H2,24,28). The van der Waals surface area contributed by atoms with Crippen molar-refractivity contribution >= 4 is 35.6 Å². The highest BCUT2D eigenvalue weighted by Crippen LogP contribution is 2.15. The number of primary amides is 2. The first kappa shape index (κ1) is 18.7. The topological polar surface area (TPSA) is 111 Å². The summed E-state index contributed by atoms with van der Waals surface area (Å²) >= 11 is 0. The van der Waals surface area contributed by atoms with E-state index in [1.165, 1.54) is 0 Å². The summed E-state index contributed by atoms with van der Waals surface area (Å²) < 4.78 is 0. The van der Waals surface area contributed by atoms with Gasteiger partial charge in [0.15, 0.2) is 0 Å². The molecule has 3 rings (SSSR count). The summed E-state index contributed by atoms with van der Waals surface area (Å²) in [5, 5.41) is 0. The summed E-state index contributed by atoms with van der Waals surface area (Å²) in [6.07, 6.45) is 3.41. The Bertz CT molecular complexity index is 983. The number of aliphatic imine (C=N–C) groups is 2. The van der Waals surface area contributed by atoms with Gasteiger partial charge in [0.1, 0.15) is 0 Å². The predicted octanol–water partition coefficient (Wildman–Crippen LogP) is 3.39. The van der Waals surface area contributed by atoms with Gasteiger partial charge < -0.3 is 11.5 Å². The number of benzene rings is 3. The molecule has 0 saturated heterocycles. The summed E-state index contributed by atoms with van der Waals surface area (Å²) in [5.41, 5.74) is 14.5. The van der Waals surface area contributed by atoms with E-state index in [-0.39, 0.29) is 0 Å². The van der Waals surface area contributed by atoms with Crippen LogP contribution in [0.4, 0.5) is 11.4 Å². The number of nitrogens with zero attached hydrogens (tertiary/aromatic N) is 2. The number of carbonyl (C=O) groups is 2. The molecular formula is C22H18N4O2. The van der Waals surface area contributed by atoms with Crippen LogP contribution >= 0.6 is 0 Å². The van der Waals surface area contributed by atoms with Gasteiger partial charge in [-0.3, -0.25) is 19.6 Å². The third-order valence-electron chi connectivity index (χ3n) is 3.92. The summed E-state index contributed by atoms with van der Waals surface area (Å²) in [7, 11) is 0. The number of hydrogen-bond acceptors (Lipinski definition) is 4. The van der Waals surface area contributed by atoms with Crippen LogP contribution < -0.4 is 11.5 Å². The van der Waals surface area contributed by atoms with Crippen molar-refractivity contribution in [1.82, 2.24) is 0 Å². The van der Waals surface area contributed by atoms with E-state index in [2.05, 4.69) is 9.98 Å². The van der Waals surface area contributed by atoms with Crippen molar-refractivity contribution in [2.45, 2.75) is 0 Å². The van der Waals surface area contributed by atoms with E-state index in [0.717, 1.165) is 11.1 Å².